The third-order valence-corrected chi connectivity index (χ3v) is 5.37. The number of anilines is 1. The van der Waals surface area contributed by atoms with Crippen LogP contribution in [0.5, 0.6) is 0 Å². The van der Waals surface area contributed by atoms with Crippen LogP contribution in [-0.2, 0) is 9.84 Å². The van der Waals surface area contributed by atoms with Gasteiger partial charge >= 0.3 is 0 Å². The van der Waals surface area contributed by atoms with Crippen molar-refractivity contribution in [3.05, 3.63) is 24.3 Å². The molecule has 0 saturated carbocycles. The van der Waals surface area contributed by atoms with Gasteiger partial charge in [0.1, 0.15) is 0 Å². The summed E-state index contributed by atoms with van der Waals surface area (Å²) in [4.78, 5) is 0.392. The van der Waals surface area contributed by atoms with Crippen LogP contribution in [0.4, 0.5) is 5.69 Å². The Bertz CT molecular complexity index is 488. The van der Waals surface area contributed by atoms with E-state index in [1.54, 1.807) is 19.1 Å². The van der Waals surface area contributed by atoms with Crippen molar-refractivity contribution in [2.45, 2.75) is 31.6 Å². The second-order valence-electron chi connectivity index (χ2n) is 4.73. The van der Waals surface area contributed by atoms with E-state index in [9.17, 15) is 8.42 Å². The first-order valence-electron chi connectivity index (χ1n) is 6.63. The second-order valence-corrected chi connectivity index (χ2v) is 7.28. The zero-order valence-electron chi connectivity index (χ0n) is 11.5. The molecule has 0 radical (unpaired) electrons. The molecule has 0 heterocycles. The summed E-state index contributed by atoms with van der Waals surface area (Å²) in [7, 11) is -3.17. The van der Waals surface area contributed by atoms with Gasteiger partial charge in [0.15, 0.2) is 9.84 Å². The van der Waals surface area contributed by atoms with E-state index in [4.69, 9.17) is 11.6 Å². The number of hydrogen-bond acceptors (Lipinski definition) is 3. The third-order valence-electron chi connectivity index (χ3n) is 3.05. The zero-order chi connectivity index (χ0) is 14.3. The summed E-state index contributed by atoms with van der Waals surface area (Å²) in [6.07, 6.45) is 2.02. The third kappa shape index (κ3) is 5.03. The number of halogens is 1. The molecule has 0 bridgehead atoms. The van der Waals surface area contributed by atoms with Gasteiger partial charge < -0.3 is 5.32 Å². The highest BCUT2D eigenvalue weighted by atomic mass is 35.5. The second kappa shape index (κ2) is 7.75. The number of nitrogens with one attached hydrogen (secondary N) is 1. The van der Waals surface area contributed by atoms with E-state index >= 15 is 0 Å². The monoisotopic (exact) mass is 303 g/mol. The summed E-state index contributed by atoms with van der Waals surface area (Å²) < 4.78 is 23.9. The van der Waals surface area contributed by atoms with Crippen LogP contribution in [0.25, 0.3) is 0 Å². The normalized spacial score (nSPS) is 13.2. The number of para-hydroxylation sites is 1. The lowest BCUT2D eigenvalue weighted by Gasteiger charge is -2.12. The van der Waals surface area contributed by atoms with Crippen molar-refractivity contribution >= 4 is 27.1 Å². The van der Waals surface area contributed by atoms with E-state index in [2.05, 4.69) is 12.2 Å². The molecule has 0 spiro atoms. The van der Waals surface area contributed by atoms with Gasteiger partial charge in [-0.3, -0.25) is 0 Å². The molecule has 0 amide bonds. The summed E-state index contributed by atoms with van der Waals surface area (Å²) in [5, 5.41) is 3.21. The lowest BCUT2D eigenvalue weighted by atomic mass is 10.1. The fourth-order valence-corrected chi connectivity index (χ4v) is 3.02. The molecule has 1 unspecified atom stereocenters. The minimum atomic E-state index is -3.17. The Morgan fingerprint density at radius 2 is 2.00 bits per heavy atom. The lowest BCUT2D eigenvalue weighted by molar-refractivity contribution is 0.572. The average molecular weight is 304 g/mol. The molecule has 0 fully saturated rings. The Labute approximate surface area is 121 Å². The van der Waals surface area contributed by atoms with Gasteiger partial charge in [-0.2, -0.15) is 0 Å². The van der Waals surface area contributed by atoms with Crippen molar-refractivity contribution < 1.29 is 8.42 Å². The molecule has 0 aliphatic heterocycles. The first-order chi connectivity index (χ1) is 9.01. The molecule has 1 aromatic carbocycles. The molecule has 5 heteroatoms. The van der Waals surface area contributed by atoms with Gasteiger partial charge in [0.2, 0.25) is 0 Å². The highest BCUT2D eigenvalue weighted by Crippen LogP contribution is 2.22. The summed E-state index contributed by atoms with van der Waals surface area (Å²) in [6.45, 7) is 4.54. The van der Waals surface area contributed by atoms with Gasteiger partial charge in [-0.15, -0.1) is 11.6 Å². The maximum atomic E-state index is 12.0. The molecule has 0 aliphatic carbocycles. The quantitative estimate of drug-likeness (QED) is 0.590. The largest absolute Gasteiger partial charge is 0.384 e. The molecule has 1 N–H and O–H groups in total. The zero-order valence-corrected chi connectivity index (χ0v) is 13.1. The van der Waals surface area contributed by atoms with Gasteiger partial charge in [-0.1, -0.05) is 26.0 Å². The van der Waals surface area contributed by atoms with Gasteiger partial charge in [0, 0.05) is 12.4 Å². The summed E-state index contributed by atoms with van der Waals surface area (Å²) in [6, 6.07) is 7.07. The van der Waals surface area contributed by atoms with Crippen LogP contribution in [0.2, 0.25) is 0 Å². The highest BCUT2D eigenvalue weighted by Gasteiger charge is 2.15. The van der Waals surface area contributed by atoms with E-state index in [0.717, 1.165) is 19.4 Å². The van der Waals surface area contributed by atoms with Crippen LogP contribution in [0.15, 0.2) is 29.2 Å². The van der Waals surface area contributed by atoms with Gasteiger partial charge in [-0.05, 0) is 30.9 Å². The molecule has 0 saturated heterocycles. The van der Waals surface area contributed by atoms with Crippen molar-refractivity contribution in [3.8, 4) is 0 Å². The molecular formula is C14H22ClNO2S. The lowest BCUT2D eigenvalue weighted by Crippen LogP contribution is -2.10. The van der Waals surface area contributed by atoms with Crippen LogP contribution in [0, 0.1) is 5.92 Å². The first kappa shape index (κ1) is 16.3. The molecule has 19 heavy (non-hydrogen) atoms. The Kier molecular flexibility index (Phi) is 6.66. The SMILES string of the molecule is CCS(=O)(=O)c1ccccc1NCCCC(C)CCl. The number of sulfone groups is 1. The highest BCUT2D eigenvalue weighted by molar-refractivity contribution is 7.91. The molecule has 1 rings (SSSR count). The van der Waals surface area contributed by atoms with Crippen LogP contribution < -0.4 is 5.32 Å². The van der Waals surface area contributed by atoms with E-state index in [1.807, 2.05) is 12.1 Å². The molecule has 0 aromatic heterocycles. The van der Waals surface area contributed by atoms with Crippen molar-refractivity contribution in [2.75, 3.05) is 23.5 Å². The molecule has 108 valence electrons. The van der Waals surface area contributed by atoms with Crippen LogP contribution in [0.3, 0.4) is 0 Å². The van der Waals surface area contributed by atoms with Crippen LogP contribution in [0.1, 0.15) is 26.7 Å². The summed E-state index contributed by atoms with van der Waals surface area (Å²) in [5.41, 5.74) is 0.697. The van der Waals surface area contributed by atoms with Crippen molar-refractivity contribution in [1.29, 1.82) is 0 Å². The Hall–Kier alpha value is -0.740. The molecule has 0 aliphatic rings. The number of alkyl halides is 1. The number of rotatable bonds is 8. The molecule has 3 nitrogen and oxygen atoms in total. The minimum Gasteiger partial charge on any atom is -0.384 e. The Balaban J connectivity index is 2.64. The fourth-order valence-electron chi connectivity index (χ4n) is 1.79. The maximum Gasteiger partial charge on any atom is 0.180 e. The maximum absolute atomic E-state index is 12.0. The Morgan fingerprint density at radius 3 is 2.63 bits per heavy atom. The van der Waals surface area contributed by atoms with E-state index in [1.165, 1.54) is 0 Å². The van der Waals surface area contributed by atoms with E-state index in [-0.39, 0.29) is 5.75 Å². The fraction of sp³-hybridized carbons (Fsp3) is 0.571. The average Bonchev–Trinajstić information content (AvgIpc) is 2.43. The smallest absolute Gasteiger partial charge is 0.180 e. The van der Waals surface area contributed by atoms with Gasteiger partial charge in [-0.25, -0.2) is 8.42 Å². The Morgan fingerprint density at radius 1 is 1.32 bits per heavy atom. The predicted octanol–water partition coefficient (Wildman–Crippen LogP) is 3.55. The first-order valence-corrected chi connectivity index (χ1v) is 8.81. The standard InChI is InChI=1S/C14H22ClNO2S/c1-3-19(17,18)14-9-5-4-8-13(14)16-10-6-7-12(2)11-15/h4-5,8-9,12,16H,3,6-7,10-11H2,1-2H3. The van der Waals surface area contributed by atoms with Crippen LogP contribution in [-0.4, -0.2) is 26.6 Å². The van der Waals surface area contributed by atoms with Crippen molar-refractivity contribution in [2.24, 2.45) is 5.92 Å². The molecule has 1 aromatic rings. The summed E-state index contributed by atoms with van der Waals surface area (Å²) >= 11 is 5.75. The molecule has 1 atom stereocenters. The molecular weight excluding hydrogens is 282 g/mol. The topological polar surface area (TPSA) is 46.2 Å². The number of benzene rings is 1. The van der Waals surface area contributed by atoms with Gasteiger partial charge in [0.25, 0.3) is 0 Å². The van der Waals surface area contributed by atoms with Crippen molar-refractivity contribution in [3.63, 3.8) is 0 Å². The van der Waals surface area contributed by atoms with Crippen molar-refractivity contribution in [1.82, 2.24) is 0 Å². The van der Waals surface area contributed by atoms with Crippen LogP contribution >= 0.6 is 11.6 Å². The minimum absolute atomic E-state index is 0.120. The number of hydrogen-bond donors (Lipinski definition) is 1. The van der Waals surface area contributed by atoms with E-state index < -0.39 is 9.84 Å². The summed E-state index contributed by atoms with van der Waals surface area (Å²) in [5.74, 6) is 1.29. The van der Waals surface area contributed by atoms with Gasteiger partial charge in [0.05, 0.1) is 16.3 Å². The predicted molar refractivity (Wildman–Crippen MR) is 81.8 cm³/mol. The van der Waals surface area contributed by atoms with E-state index in [0.29, 0.717) is 22.4 Å².